The zero-order valence-corrected chi connectivity index (χ0v) is 18.4. The standard InChI is InChI=1S/2C9H12O.2ClH.Zr/c2*1-6-4-5-7(2)9(10)8(6)3;;;/h2*4-5,10H,1-3H3;2*1H;/q;;;;+2/p-2. The van der Waals surface area contributed by atoms with Crippen LogP contribution in [0.4, 0.5) is 0 Å². The van der Waals surface area contributed by atoms with E-state index in [1.54, 1.807) is 0 Å². The number of halogens is 2. The molecule has 0 heterocycles. The number of rotatable bonds is 0. The van der Waals surface area contributed by atoms with Crippen molar-refractivity contribution in [3.8, 4) is 11.5 Å². The van der Waals surface area contributed by atoms with Crippen LogP contribution in [0, 0.1) is 41.5 Å². The van der Waals surface area contributed by atoms with Gasteiger partial charge < -0.3 is 35.0 Å². The second-order valence-corrected chi connectivity index (χ2v) is 5.35. The molecule has 0 atom stereocenters. The summed E-state index contributed by atoms with van der Waals surface area (Å²) in [4.78, 5) is 0. The summed E-state index contributed by atoms with van der Waals surface area (Å²) in [6.07, 6.45) is 0. The van der Waals surface area contributed by atoms with E-state index in [-0.39, 0.29) is 51.0 Å². The number of aromatic hydroxyl groups is 2. The maximum Gasteiger partial charge on any atom is 2.00 e. The van der Waals surface area contributed by atoms with E-state index < -0.39 is 0 Å². The van der Waals surface area contributed by atoms with E-state index in [2.05, 4.69) is 0 Å². The summed E-state index contributed by atoms with van der Waals surface area (Å²) in [7, 11) is 0. The molecule has 0 unspecified atom stereocenters. The molecule has 0 radical (unpaired) electrons. The third kappa shape index (κ3) is 7.29. The molecule has 0 aliphatic heterocycles. The van der Waals surface area contributed by atoms with E-state index in [1.165, 1.54) is 0 Å². The van der Waals surface area contributed by atoms with E-state index in [0.717, 1.165) is 33.4 Å². The van der Waals surface area contributed by atoms with Crippen LogP contribution in [-0.2, 0) is 26.2 Å². The van der Waals surface area contributed by atoms with Crippen molar-refractivity contribution >= 4 is 0 Å². The summed E-state index contributed by atoms with van der Waals surface area (Å²) >= 11 is 0. The van der Waals surface area contributed by atoms with Crippen molar-refractivity contribution in [3.05, 3.63) is 57.6 Å². The van der Waals surface area contributed by atoms with Gasteiger partial charge in [-0.3, -0.25) is 0 Å². The first-order valence-corrected chi connectivity index (χ1v) is 6.77. The number of hydrogen-bond donors (Lipinski definition) is 2. The van der Waals surface area contributed by atoms with Gasteiger partial charge in [0.25, 0.3) is 0 Å². The number of hydrogen-bond acceptors (Lipinski definition) is 2. The van der Waals surface area contributed by atoms with Crippen molar-refractivity contribution in [1.29, 1.82) is 0 Å². The summed E-state index contributed by atoms with van der Waals surface area (Å²) in [5, 5.41) is 18.8. The van der Waals surface area contributed by atoms with Gasteiger partial charge in [-0.25, -0.2) is 0 Å². The topological polar surface area (TPSA) is 40.5 Å². The Morgan fingerprint density at radius 1 is 0.522 bits per heavy atom. The summed E-state index contributed by atoms with van der Waals surface area (Å²) < 4.78 is 0. The Hall–Kier alpha value is -0.497. The molecule has 2 nitrogen and oxygen atoms in total. The van der Waals surface area contributed by atoms with E-state index >= 15 is 0 Å². The Labute approximate surface area is 171 Å². The SMILES string of the molecule is Cc1ccc(C)c(O)c1C.Cc1ccc(C)c(O)c1C.[Cl-].[Cl-].[Zr+2]. The maximum atomic E-state index is 9.39. The van der Waals surface area contributed by atoms with Gasteiger partial charge in [0.05, 0.1) is 0 Å². The van der Waals surface area contributed by atoms with Gasteiger partial charge in [0, 0.05) is 0 Å². The summed E-state index contributed by atoms with van der Waals surface area (Å²) in [6, 6.07) is 7.89. The molecule has 0 bridgehead atoms. The Kier molecular flexibility index (Phi) is 14.2. The van der Waals surface area contributed by atoms with Crippen LogP contribution < -0.4 is 24.8 Å². The van der Waals surface area contributed by atoms with Gasteiger partial charge in [0.1, 0.15) is 11.5 Å². The Balaban J connectivity index is -0.000000308. The first-order valence-electron chi connectivity index (χ1n) is 6.77. The van der Waals surface area contributed by atoms with Crippen molar-refractivity contribution in [2.75, 3.05) is 0 Å². The molecule has 0 aliphatic carbocycles. The Morgan fingerprint density at radius 3 is 0.957 bits per heavy atom. The minimum Gasteiger partial charge on any atom is -1.00 e. The molecular weight excluding hydrogens is 410 g/mol. The Bertz CT molecular complexity index is 519. The van der Waals surface area contributed by atoms with Gasteiger partial charge >= 0.3 is 26.2 Å². The van der Waals surface area contributed by atoms with Crippen molar-refractivity contribution < 1.29 is 61.2 Å². The molecule has 0 saturated heterocycles. The minimum atomic E-state index is 0. The van der Waals surface area contributed by atoms with Gasteiger partial charge in [0.15, 0.2) is 0 Å². The number of phenolic OH excluding ortho intramolecular Hbond substituents is 2. The fourth-order valence-corrected chi connectivity index (χ4v) is 1.87. The van der Waals surface area contributed by atoms with Crippen LogP contribution in [0.25, 0.3) is 0 Å². The molecule has 0 spiro atoms. The number of phenols is 2. The third-order valence-electron chi connectivity index (χ3n) is 3.81. The molecule has 0 aliphatic rings. The molecule has 126 valence electrons. The molecular formula is C18H24Cl2O2Zr. The number of benzene rings is 2. The van der Waals surface area contributed by atoms with Gasteiger partial charge in [0.2, 0.25) is 0 Å². The minimum absolute atomic E-state index is 0. The molecule has 0 amide bonds. The summed E-state index contributed by atoms with van der Waals surface area (Å²) in [5.74, 6) is 0.861. The van der Waals surface area contributed by atoms with Gasteiger partial charge in [-0.2, -0.15) is 0 Å². The molecule has 0 aromatic heterocycles. The Morgan fingerprint density at radius 2 is 0.739 bits per heavy atom. The molecule has 0 saturated carbocycles. The zero-order valence-electron chi connectivity index (χ0n) is 14.5. The maximum absolute atomic E-state index is 9.39. The fraction of sp³-hybridized carbons (Fsp3) is 0.333. The number of aryl methyl sites for hydroxylation is 4. The van der Waals surface area contributed by atoms with Crippen LogP contribution >= 0.6 is 0 Å². The van der Waals surface area contributed by atoms with E-state index in [9.17, 15) is 10.2 Å². The van der Waals surface area contributed by atoms with Crippen LogP contribution in [0.5, 0.6) is 11.5 Å². The van der Waals surface area contributed by atoms with Crippen molar-refractivity contribution in [1.82, 2.24) is 0 Å². The van der Waals surface area contributed by atoms with Crippen LogP contribution in [0.3, 0.4) is 0 Å². The molecule has 0 fully saturated rings. The van der Waals surface area contributed by atoms with E-state index in [1.807, 2.05) is 65.8 Å². The normalized spacial score (nSPS) is 8.61. The first kappa shape index (κ1) is 27.4. The zero-order chi connectivity index (χ0) is 15.4. The molecule has 5 heteroatoms. The third-order valence-corrected chi connectivity index (χ3v) is 3.81. The molecule has 2 rings (SSSR count). The van der Waals surface area contributed by atoms with Crippen molar-refractivity contribution in [2.45, 2.75) is 41.5 Å². The van der Waals surface area contributed by atoms with Crippen LogP contribution in [-0.4, -0.2) is 10.2 Å². The largest absolute Gasteiger partial charge is 2.00 e. The second kappa shape index (κ2) is 12.0. The van der Waals surface area contributed by atoms with Crippen molar-refractivity contribution in [3.63, 3.8) is 0 Å². The van der Waals surface area contributed by atoms with E-state index in [0.29, 0.717) is 11.5 Å². The molecule has 2 N–H and O–H groups in total. The van der Waals surface area contributed by atoms with Gasteiger partial charge in [-0.1, -0.05) is 24.3 Å². The average Bonchev–Trinajstić information content (AvgIpc) is 2.43. The summed E-state index contributed by atoms with van der Waals surface area (Å²) in [6.45, 7) is 11.7. The monoisotopic (exact) mass is 432 g/mol. The van der Waals surface area contributed by atoms with Gasteiger partial charge in [-0.15, -0.1) is 0 Å². The fourth-order valence-electron chi connectivity index (χ4n) is 1.87. The quantitative estimate of drug-likeness (QED) is 0.538. The molecule has 23 heavy (non-hydrogen) atoms. The van der Waals surface area contributed by atoms with Crippen molar-refractivity contribution in [2.24, 2.45) is 0 Å². The molecule has 2 aromatic rings. The van der Waals surface area contributed by atoms with Crippen LogP contribution in [0.15, 0.2) is 24.3 Å². The van der Waals surface area contributed by atoms with Crippen LogP contribution in [0.2, 0.25) is 0 Å². The van der Waals surface area contributed by atoms with E-state index in [4.69, 9.17) is 0 Å². The first-order chi connectivity index (χ1) is 9.25. The molecule has 2 aromatic carbocycles. The van der Waals surface area contributed by atoms with Crippen LogP contribution in [0.1, 0.15) is 33.4 Å². The smallest absolute Gasteiger partial charge is 1.00 e. The summed E-state index contributed by atoms with van der Waals surface area (Å²) in [5.41, 5.74) is 6.15. The predicted octanol–water partition coefficient (Wildman–Crippen LogP) is -1.36. The van der Waals surface area contributed by atoms with Gasteiger partial charge in [-0.05, 0) is 74.9 Å². The predicted molar refractivity (Wildman–Crippen MR) is 84.6 cm³/mol. The second-order valence-electron chi connectivity index (χ2n) is 5.35. The average molecular weight is 435 g/mol.